The van der Waals surface area contributed by atoms with Crippen molar-refractivity contribution in [3.05, 3.63) is 0 Å². The quantitative estimate of drug-likeness (QED) is 0.724. The Morgan fingerprint density at radius 2 is 2.19 bits per heavy atom. The number of nitrogens with one attached hydrogen (secondary N) is 1. The molecule has 4 nitrogen and oxygen atoms in total. The van der Waals surface area contributed by atoms with Crippen LogP contribution in [0.1, 0.15) is 20.3 Å². The number of rotatable bonds is 2. The van der Waals surface area contributed by atoms with Gasteiger partial charge in [-0.3, -0.25) is 4.79 Å². The summed E-state index contributed by atoms with van der Waals surface area (Å²) in [5, 5.41) is 3.91. The van der Waals surface area contributed by atoms with Crippen molar-refractivity contribution < 1.29 is 4.79 Å². The van der Waals surface area contributed by atoms with Crippen LogP contribution in [0.15, 0.2) is 0 Å². The molecule has 0 radical (unpaired) electrons. The molecule has 0 atom stereocenters. The van der Waals surface area contributed by atoms with Crippen LogP contribution >= 0.6 is 12.2 Å². The maximum absolute atomic E-state index is 11.7. The molecule has 1 rings (SSSR count). The Balaban J connectivity index is 2.46. The molecule has 0 unspecified atom stereocenters. The third kappa shape index (κ3) is 3.96. The number of amides is 1. The predicted octanol–water partition coefficient (Wildman–Crippen LogP) is 0.681. The first-order chi connectivity index (χ1) is 7.50. The van der Waals surface area contributed by atoms with Gasteiger partial charge in [-0.15, -0.1) is 0 Å². The van der Waals surface area contributed by atoms with E-state index in [1.807, 2.05) is 11.9 Å². The van der Waals surface area contributed by atoms with Crippen LogP contribution in [-0.4, -0.2) is 54.0 Å². The van der Waals surface area contributed by atoms with Crippen LogP contribution in [0.4, 0.5) is 0 Å². The predicted molar refractivity (Wildman–Crippen MR) is 69.3 cm³/mol. The van der Waals surface area contributed by atoms with Crippen molar-refractivity contribution in [1.29, 1.82) is 0 Å². The lowest BCUT2D eigenvalue weighted by molar-refractivity contribution is -0.129. The molecule has 0 saturated carbocycles. The lowest BCUT2D eigenvalue weighted by Crippen LogP contribution is -2.44. The van der Waals surface area contributed by atoms with Gasteiger partial charge in [-0.1, -0.05) is 13.8 Å². The lowest BCUT2D eigenvalue weighted by Gasteiger charge is -2.23. The van der Waals surface area contributed by atoms with Crippen LogP contribution in [0.3, 0.4) is 0 Å². The Labute approximate surface area is 103 Å². The van der Waals surface area contributed by atoms with Crippen molar-refractivity contribution in [3.63, 3.8) is 0 Å². The molecule has 0 aromatic heterocycles. The Morgan fingerprint density at radius 3 is 2.81 bits per heavy atom. The lowest BCUT2D eigenvalue weighted by atomic mass is 10.2. The van der Waals surface area contributed by atoms with Crippen LogP contribution in [0.2, 0.25) is 0 Å². The normalized spacial score (nSPS) is 17.6. The first-order valence-electron chi connectivity index (χ1n) is 5.77. The number of thiocarbonyl (C=S) groups is 1. The number of carbonyl (C=O) groups excluding carboxylic acids is 1. The zero-order valence-corrected chi connectivity index (χ0v) is 11.1. The Bertz CT molecular complexity index is 268. The molecule has 16 heavy (non-hydrogen) atoms. The standard InChI is InChI=1S/C11H21N3OS/c1-9(2)7-12-11(16)14-6-4-5-13(3)10(15)8-14/h9H,4-8H2,1-3H3,(H,12,16). The van der Waals surface area contributed by atoms with Crippen LogP contribution < -0.4 is 5.32 Å². The Hall–Kier alpha value is -0.840. The minimum Gasteiger partial charge on any atom is -0.362 e. The van der Waals surface area contributed by atoms with E-state index in [1.54, 1.807) is 4.90 Å². The van der Waals surface area contributed by atoms with E-state index in [1.165, 1.54) is 0 Å². The SMILES string of the molecule is CC(C)CNC(=S)N1CCCN(C)C(=O)C1. The van der Waals surface area contributed by atoms with E-state index in [2.05, 4.69) is 19.2 Å². The molecular weight excluding hydrogens is 222 g/mol. The van der Waals surface area contributed by atoms with E-state index >= 15 is 0 Å². The number of hydrogen-bond acceptors (Lipinski definition) is 2. The van der Waals surface area contributed by atoms with Gasteiger partial charge in [0.2, 0.25) is 5.91 Å². The fourth-order valence-corrected chi connectivity index (χ4v) is 1.80. The molecule has 0 aliphatic carbocycles. The third-order valence-electron chi connectivity index (χ3n) is 2.62. The highest BCUT2D eigenvalue weighted by Gasteiger charge is 2.20. The second-order valence-corrected chi connectivity index (χ2v) is 5.06. The van der Waals surface area contributed by atoms with Crippen molar-refractivity contribution in [2.45, 2.75) is 20.3 Å². The van der Waals surface area contributed by atoms with Crippen molar-refractivity contribution in [1.82, 2.24) is 15.1 Å². The van der Waals surface area contributed by atoms with Gasteiger partial charge in [0, 0.05) is 26.7 Å². The molecule has 1 aliphatic heterocycles. The Morgan fingerprint density at radius 1 is 1.50 bits per heavy atom. The number of likely N-dealkylation sites (N-methyl/N-ethyl adjacent to an activating group) is 1. The molecule has 1 amide bonds. The summed E-state index contributed by atoms with van der Waals surface area (Å²) in [6, 6.07) is 0. The van der Waals surface area contributed by atoms with Crippen molar-refractivity contribution in [2.24, 2.45) is 5.92 Å². The smallest absolute Gasteiger partial charge is 0.241 e. The highest BCUT2D eigenvalue weighted by Crippen LogP contribution is 2.03. The molecule has 0 aromatic carbocycles. The van der Waals surface area contributed by atoms with E-state index in [9.17, 15) is 4.79 Å². The summed E-state index contributed by atoms with van der Waals surface area (Å²) in [5.41, 5.74) is 0. The van der Waals surface area contributed by atoms with Crippen LogP contribution in [0, 0.1) is 5.92 Å². The number of carbonyl (C=O) groups is 1. The van der Waals surface area contributed by atoms with E-state index < -0.39 is 0 Å². The van der Waals surface area contributed by atoms with Crippen molar-refractivity contribution in [3.8, 4) is 0 Å². The molecule has 1 heterocycles. The number of nitrogens with zero attached hydrogens (tertiary/aromatic N) is 2. The summed E-state index contributed by atoms with van der Waals surface area (Å²) in [4.78, 5) is 15.4. The summed E-state index contributed by atoms with van der Waals surface area (Å²) in [6.07, 6.45) is 0.978. The minimum absolute atomic E-state index is 0.145. The summed E-state index contributed by atoms with van der Waals surface area (Å²) in [5.74, 6) is 0.703. The van der Waals surface area contributed by atoms with Gasteiger partial charge in [0.15, 0.2) is 5.11 Å². The fourth-order valence-electron chi connectivity index (χ4n) is 1.56. The second-order valence-electron chi connectivity index (χ2n) is 4.67. The topological polar surface area (TPSA) is 35.6 Å². The largest absolute Gasteiger partial charge is 0.362 e. The summed E-state index contributed by atoms with van der Waals surface area (Å²) >= 11 is 5.29. The molecule has 0 aromatic rings. The van der Waals surface area contributed by atoms with Crippen molar-refractivity contribution >= 4 is 23.2 Å². The summed E-state index contributed by atoms with van der Waals surface area (Å²) < 4.78 is 0. The first-order valence-corrected chi connectivity index (χ1v) is 6.18. The fraction of sp³-hybridized carbons (Fsp3) is 0.818. The van der Waals surface area contributed by atoms with Crippen LogP contribution in [0.5, 0.6) is 0 Å². The molecule has 1 saturated heterocycles. The van der Waals surface area contributed by atoms with E-state index in [-0.39, 0.29) is 5.91 Å². The van der Waals surface area contributed by atoms with Gasteiger partial charge in [0.1, 0.15) is 0 Å². The average molecular weight is 243 g/mol. The maximum atomic E-state index is 11.7. The Kier molecular flexibility index (Phi) is 4.99. The molecule has 1 fully saturated rings. The summed E-state index contributed by atoms with van der Waals surface area (Å²) in [7, 11) is 1.84. The zero-order valence-electron chi connectivity index (χ0n) is 10.3. The highest BCUT2D eigenvalue weighted by molar-refractivity contribution is 7.80. The molecular formula is C11H21N3OS. The maximum Gasteiger partial charge on any atom is 0.241 e. The van der Waals surface area contributed by atoms with Gasteiger partial charge in [0.05, 0.1) is 6.54 Å². The zero-order chi connectivity index (χ0) is 12.1. The molecule has 0 bridgehead atoms. The minimum atomic E-state index is 0.145. The van der Waals surface area contributed by atoms with E-state index in [0.29, 0.717) is 17.6 Å². The van der Waals surface area contributed by atoms with Gasteiger partial charge in [0.25, 0.3) is 0 Å². The molecule has 1 aliphatic rings. The van der Waals surface area contributed by atoms with Crippen molar-refractivity contribution in [2.75, 3.05) is 33.2 Å². The van der Waals surface area contributed by atoms with E-state index in [0.717, 1.165) is 26.1 Å². The second kappa shape index (κ2) is 6.03. The van der Waals surface area contributed by atoms with Gasteiger partial charge >= 0.3 is 0 Å². The van der Waals surface area contributed by atoms with Crippen LogP contribution in [0.25, 0.3) is 0 Å². The van der Waals surface area contributed by atoms with E-state index in [4.69, 9.17) is 12.2 Å². The van der Waals surface area contributed by atoms with Gasteiger partial charge in [-0.05, 0) is 24.6 Å². The van der Waals surface area contributed by atoms with Gasteiger partial charge in [-0.25, -0.2) is 0 Å². The number of hydrogen-bond donors (Lipinski definition) is 1. The molecule has 1 N–H and O–H groups in total. The van der Waals surface area contributed by atoms with Gasteiger partial charge < -0.3 is 15.1 Å². The van der Waals surface area contributed by atoms with Crippen LogP contribution in [-0.2, 0) is 4.79 Å². The average Bonchev–Trinajstić information content (AvgIpc) is 2.38. The molecule has 5 heteroatoms. The highest BCUT2D eigenvalue weighted by atomic mass is 32.1. The monoisotopic (exact) mass is 243 g/mol. The molecule has 0 spiro atoms. The van der Waals surface area contributed by atoms with Gasteiger partial charge in [-0.2, -0.15) is 0 Å². The summed E-state index contributed by atoms with van der Waals surface area (Å²) in [6.45, 7) is 7.22. The first kappa shape index (κ1) is 13.2. The molecule has 92 valence electrons. The third-order valence-corrected chi connectivity index (χ3v) is 3.02.